The van der Waals surface area contributed by atoms with Crippen molar-refractivity contribution in [1.29, 1.82) is 0 Å². The number of nitrogens with one attached hydrogen (secondary N) is 1. The number of anilines is 1. The lowest BCUT2D eigenvalue weighted by Gasteiger charge is -2.14. The molecule has 0 aliphatic heterocycles. The molecule has 0 atom stereocenters. The van der Waals surface area contributed by atoms with Crippen LogP contribution >= 0.6 is 0 Å². The molecule has 1 aromatic carbocycles. The molecule has 1 aromatic heterocycles. The summed E-state index contributed by atoms with van der Waals surface area (Å²) in [7, 11) is 1.08. The van der Waals surface area contributed by atoms with Gasteiger partial charge in [0, 0.05) is 11.1 Å². The number of carboxylic acids is 2. The molecule has 8 nitrogen and oxygen atoms in total. The van der Waals surface area contributed by atoms with Crippen LogP contribution in [0.15, 0.2) is 16.9 Å². The molecule has 0 saturated carbocycles. The van der Waals surface area contributed by atoms with E-state index >= 15 is 0 Å². The van der Waals surface area contributed by atoms with E-state index in [2.05, 4.69) is 4.74 Å². The Morgan fingerprint density at radius 2 is 1.71 bits per heavy atom. The average Bonchev–Trinajstić information content (AvgIpc) is 2.48. The van der Waals surface area contributed by atoms with E-state index in [1.807, 2.05) is 4.98 Å². The molecule has 0 fully saturated rings. The number of nitrogen functional groups attached to an aromatic ring is 1. The maximum atomic E-state index is 14.3. The molecule has 0 amide bonds. The highest BCUT2D eigenvalue weighted by Gasteiger charge is 2.29. The number of aromatic nitrogens is 1. The second-order valence-corrected chi connectivity index (χ2v) is 4.55. The Morgan fingerprint density at radius 1 is 1.12 bits per heavy atom. The highest BCUT2D eigenvalue weighted by molar-refractivity contribution is 6.07. The van der Waals surface area contributed by atoms with Crippen molar-refractivity contribution in [2.75, 3.05) is 12.8 Å². The van der Waals surface area contributed by atoms with Gasteiger partial charge in [-0.3, -0.25) is 4.79 Å². The topological polar surface area (TPSA) is 143 Å². The van der Waals surface area contributed by atoms with Crippen LogP contribution in [-0.2, 0) is 0 Å². The van der Waals surface area contributed by atoms with Gasteiger partial charge in [-0.25, -0.2) is 14.0 Å². The molecule has 5 N–H and O–H groups in total. The zero-order chi connectivity index (χ0) is 18.2. The van der Waals surface area contributed by atoms with Gasteiger partial charge in [0.15, 0.2) is 11.6 Å². The van der Waals surface area contributed by atoms with Gasteiger partial charge in [0.05, 0.1) is 7.11 Å². The van der Waals surface area contributed by atoms with Crippen molar-refractivity contribution in [3.8, 4) is 16.9 Å². The molecule has 2 aromatic rings. The minimum absolute atomic E-state index is 0.484. The van der Waals surface area contributed by atoms with Gasteiger partial charge in [-0.15, -0.1) is 0 Å². The van der Waals surface area contributed by atoms with E-state index in [0.717, 1.165) is 19.2 Å². The number of hydrogen-bond donors (Lipinski definition) is 4. The normalized spacial score (nSPS) is 10.5. The summed E-state index contributed by atoms with van der Waals surface area (Å²) < 4.78 is 32.8. The van der Waals surface area contributed by atoms with Gasteiger partial charge in [-0.05, 0) is 12.1 Å². The zero-order valence-corrected chi connectivity index (χ0v) is 12.0. The van der Waals surface area contributed by atoms with Gasteiger partial charge in [0.1, 0.15) is 16.9 Å². The van der Waals surface area contributed by atoms with Crippen molar-refractivity contribution < 1.29 is 33.3 Å². The Hall–Kier alpha value is -3.43. The van der Waals surface area contributed by atoms with E-state index in [1.54, 1.807) is 0 Å². The van der Waals surface area contributed by atoms with Crippen LogP contribution in [0.2, 0.25) is 0 Å². The number of methoxy groups -OCH3 is 1. The molecule has 0 bridgehead atoms. The lowest BCUT2D eigenvalue weighted by atomic mass is 9.94. The number of pyridine rings is 1. The third kappa shape index (κ3) is 2.53. The minimum Gasteiger partial charge on any atom is -0.494 e. The van der Waals surface area contributed by atoms with E-state index in [1.165, 1.54) is 0 Å². The van der Waals surface area contributed by atoms with Gasteiger partial charge >= 0.3 is 11.9 Å². The molecule has 126 valence electrons. The Labute approximate surface area is 132 Å². The minimum atomic E-state index is -1.83. The number of nitrogens with two attached hydrogens (primary N) is 1. The molecule has 0 saturated heterocycles. The molecule has 10 heteroatoms. The Bertz CT molecular complexity index is 922. The number of rotatable bonds is 4. The summed E-state index contributed by atoms with van der Waals surface area (Å²) >= 11 is 0. The van der Waals surface area contributed by atoms with Crippen LogP contribution in [0.5, 0.6) is 5.75 Å². The molecule has 24 heavy (non-hydrogen) atoms. The third-order valence-electron chi connectivity index (χ3n) is 3.21. The molecule has 0 unspecified atom stereocenters. The molecular formula is C14H10F2N2O6. The summed E-state index contributed by atoms with van der Waals surface area (Å²) in [5, 5.41) is 18.4. The van der Waals surface area contributed by atoms with Crippen LogP contribution in [0.4, 0.5) is 14.6 Å². The molecule has 0 aliphatic rings. The number of carbonyl (C=O) groups is 2. The number of benzene rings is 1. The number of hydrogen-bond acceptors (Lipinski definition) is 5. The van der Waals surface area contributed by atoms with Gasteiger partial charge in [-0.2, -0.15) is 4.39 Å². The Kier molecular flexibility index (Phi) is 4.22. The van der Waals surface area contributed by atoms with Gasteiger partial charge in [-0.1, -0.05) is 0 Å². The molecular weight excluding hydrogens is 330 g/mol. The average molecular weight is 340 g/mol. The largest absolute Gasteiger partial charge is 0.494 e. The first-order valence-electron chi connectivity index (χ1n) is 6.25. The monoisotopic (exact) mass is 340 g/mol. The number of aromatic carboxylic acids is 2. The van der Waals surface area contributed by atoms with E-state index in [0.29, 0.717) is 0 Å². The standard InChI is InChI=1S/C14H10F2N2O6/c1-24-5-3-2-4(9(15)10(5)16)6-7(13(20)21)11(17)18-12(19)8(6)14(22)23/h2-3H,1H3,(H,20,21)(H,22,23)(H3,17,18,19). The van der Waals surface area contributed by atoms with Gasteiger partial charge in [0.2, 0.25) is 5.82 Å². The molecule has 0 radical (unpaired) electrons. The van der Waals surface area contributed by atoms with Crippen molar-refractivity contribution >= 4 is 17.8 Å². The molecule has 0 aliphatic carbocycles. The molecule has 1 heterocycles. The van der Waals surface area contributed by atoms with Gasteiger partial charge in [0.25, 0.3) is 5.56 Å². The van der Waals surface area contributed by atoms with Crippen LogP contribution in [0.3, 0.4) is 0 Å². The van der Waals surface area contributed by atoms with Crippen molar-refractivity contribution in [3.05, 3.63) is 45.2 Å². The Balaban J connectivity index is 3.03. The van der Waals surface area contributed by atoms with Gasteiger partial charge < -0.3 is 25.7 Å². The predicted octanol–water partition coefficient (Wildman–Crippen LogP) is 1.31. The summed E-state index contributed by atoms with van der Waals surface area (Å²) in [5.41, 5.74) is 0.619. The van der Waals surface area contributed by atoms with Crippen LogP contribution < -0.4 is 16.0 Å². The predicted molar refractivity (Wildman–Crippen MR) is 77.3 cm³/mol. The van der Waals surface area contributed by atoms with Crippen molar-refractivity contribution in [2.24, 2.45) is 0 Å². The fourth-order valence-corrected chi connectivity index (χ4v) is 2.20. The number of halogens is 2. The number of carboxylic acid groups (broad SMARTS) is 2. The van der Waals surface area contributed by atoms with Crippen molar-refractivity contribution in [1.82, 2.24) is 4.98 Å². The fourth-order valence-electron chi connectivity index (χ4n) is 2.20. The van der Waals surface area contributed by atoms with Crippen molar-refractivity contribution in [3.63, 3.8) is 0 Å². The lowest BCUT2D eigenvalue weighted by molar-refractivity contribution is 0.0695. The summed E-state index contributed by atoms with van der Waals surface area (Å²) in [4.78, 5) is 36.4. The summed E-state index contributed by atoms with van der Waals surface area (Å²) in [6.45, 7) is 0. The first-order valence-corrected chi connectivity index (χ1v) is 6.25. The highest BCUT2D eigenvalue weighted by atomic mass is 19.2. The third-order valence-corrected chi connectivity index (χ3v) is 3.21. The van der Waals surface area contributed by atoms with E-state index in [-0.39, 0.29) is 0 Å². The highest BCUT2D eigenvalue weighted by Crippen LogP contribution is 2.34. The van der Waals surface area contributed by atoms with Crippen LogP contribution in [0.25, 0.3) is 11.1 Å². The quantitative estimate of drug-likeness (QED) is 0.657. The second kappa shape index (κ2) is 5.99. The maximum absolute atomic E-state index is 14.3. The zero-order valence-electron chi connectivity index (χ0n) is 12.0. The Morgan fingerprint density at radius 3 is 2.21 bits per heavy atom. The van der Waals surface area contributed by atoms with E-state index < -0.39 is 63.0 Å². The number of aromatic amines is 1. The van der Waals surface area contributed by atoms with Crippen LogP contribution in [0, 0.1) is 11.6 Å². The van der Waals surface area contributed by atoms with Crippen LogP contribution in [0.1, 0.15) is 20.7 Å². The van der Waals surface area contributed by atoms with E-state index in [4.69, 9.17) is 5.73 Å². The summed E-state index contributed by atoms with van der Waals surface area (Å²) in [6, 6.07) is 1.85. The smallest absolute Gasteiger partial charge is 0.342 e. The SMILES string of the molecule is COc1ccc(-c2c(C(=O)O)c(N)[nH]c(=O)c2C(=O)O)c(F)c1F. The lowest BCUT2D eigenvalue weighted by Crippen LogP contribution is -2.24. The summed E-state index contributed by atoms with van der Waals surface area (Å²) in [6.07, 6.45) is 0. The van der Waals surface area contributed by atoms with Crippen molar-refractivity contribution in [2.45, 2.75) is 0 Å². The first kappa shape index (κ1) is 16.9. The second-order valence-electron chi connectivity index (χ2n) is 4.55. The maximum Gasteiger partial charge on any atom is 0.342 e. The number of ether oxygens (including phenoxy) is 1. The first-order chi connectivity index (χ1) is 11.2. The molecule has 2 rings (SSSR count). The fraction of sp³-hybridized carbons (Fsp3) is 0.0714. The van der Waals surface area contributed by atoms with Crippen LogP contribution in [-0.4, -0.2) is 34.2 Å². The molecule has 0 spiro atoms. The number of H-pyrrole nitrogens is 1. The van der Waals surface area contributed by atoms with E-state index in [9.17, 15) is 33.4 Å². The summed E-state index contributed by atoms with van der Waals surface area (Å²) in [5.74, 6) is -7.78.